The molecule has 1 N–H and O–H groups in total. The smallest absolute Gasteiger partial charge is 0.116 e. The lowest BCUT2D eigenvalue weighted by Gasteiger charge is -2.14. The van der Waals surface area contributed by atoms with Gasteiger partial charge in [-0.1, -0.05) is 0 Å². The van der Waals surface area contributed by atoms with Gasteiger partial charge in [0.2, 0.25) is 0 Å². The summed E-state index contributed by atoms with van der Waals surface area (Å²) in [6.45, 7) is 1.06. The molecule has 0 aromatic heterocycles. The molecule has 1 aliphatic heterocycles. The summed E-state index contributed by atoms with van der Waals surface area (Å²) in [5, 5.41) is 3.13. The predicted octanol–water partition coefficient (Wildman–Crippen LogP) is 0.706. The first kappa shape index (κ1) is 4.74. The van der Waals surface area contributed by atoms with Crippen LogP contribution in [0.5, 0.6) is 0 Å². The molecule has 2 unspecified atom stereocenters. The van der Waals surface area contributed by atoms with Crippen LogP contribution in [0.4, 0.5) is 4.39 Å². The lowest BCUT2D eigenvalue weighted by molar-refractivity contribution is 0.256. The van der Waals surface area contributed by atoms with Gasteiger partial charge in [0.1, 0.15) is 6.17 Å². The van der Waals surface area contributed by atoms with E-state index in [1.54, 1.807) is 0 Å². The zero-order valence-corrected chi connectivity index (χ0v) is 4.73. The van der Waals surface area contributed by atoms with Gasteiger partial charge in [0.15, 0.2) is 0 Å². The number of hydrogen-bond donors (Lipinski definition) is 1. The molecule has 46 valence electrons. The maximum atomic E-state index is 12.6. The molecule has 0 radical (unpaired) electrons. The first-order valence-electron chi connectivity index (χ1n) is 3.24. The largest absolute Gasteiger partial charge is 0.311 e. The second-order valence-electron chi connectivity index (χ2n) is 2.87. The number of rotatable bonds is 0. The van der Waals surface area contributed by atoms with Gasteiger partial charge in [0.05, 0.1) is 0 Å². The molecule has 1 heterocycles. The van der Waals surface area contributed by atoms with E-state index in [0.29, 0.717) is 5.92 Å². The maximum absolute atomic E-state index is 12.6. The summed E-state index contributed by atoms with van der Waals surface area (Å²) >= 11 is 0. The van der Waals surface area contributed by atoms with E-state index in [1.807, 2.05) is 0 Å². The van der Waals surface area contributed by atoms with Crippen molar-refractivity contribution < 1.29 is 4.39 Å². The van der Waals surface area contributed by atoms with Gasteiger partial charge in [-0.25, -0.2) is 4.39 Å². The quantitative estimate of drug-likeness (QED) is 0.490. The molecule has 1 nitrogen and oxygen atoms in total. The molecule has 0 amide bonds. The normalized spacial score (nSPS) is 52.9. The van der Waals surface area contributed by atoms with Crippen molar-refractivity contribution in [2.24, 2.45) is 5.92 Å². The van der Waals surface area contributed by atoms with E-state index in [4.69, 9.17) is 0 Å². The lowest BCUT2D eigenvalue weighted by Crippen LogP contribution is -2.33. The molecule has 2 bridgehead atoms. The minimum absolute atomic E-state index is 0.222. The van der Waals surface area contributed by atoms with Gasteiger partial charge < -0.3 is 5.32 Å². The summed E-state index contributed by atoms with van der Waals surface area (Å²) < 4.78 is 12.6. The summed E-state index contributed by atoms with van der Waals surface area (Å²) in [7, 11) is 0. The van der Waals surface area contributed by atoms with Crippen molar-refractivity contribution in [2.45, 2.75) is 25.1 Å². The van der Waals surface area contributed by atoms with Gasteiger partial charge in [-0.15, -0.1) is 0 Å². The maximum Gasteiger partial charge on any atom is 0.116 e. The minimum atomic E-state index is -0.534. The number of hydrogen-bond acceptors (Lipinski definition) is 1. The Hall–Kier alpha value is -0.110. The highest BCUT2D eigenvalue weighted by molar-refractivity contribution is 4.95. The molecule has 1 saturated carbocycles. The zero-order valence-electron chi connectivity index (χ0n) is 4.73. The van der Waals surface area contributed by atoms with Gasteiger partial charge in [-0.3, -0.25) is 0 Å². The van der Waals surface area contributed by atoms with Crippen molar-refractivity contribution in [3.05, 3.63) is 0 Å². The highest BCUT2D eigenvalue weighted by Crippen LogP contribution is 2.32. The third-order valence-electron chi connectivity index (χ3n) is 2.25. The van der Waals surface area contributed by atoms with Crippen LogP contribution < -0.4 is 5.32 Å². The SMILES string of the molecule is F[C@H]1CC2CNC1C2. The van der Waals surface area contributed by atoms with Crippen LogP contribution in [0.25, 0.3) is 0 Å². The van der Waals surface area contributed by atoms with Crippen molar-refractivity contribution in [1.29, 1.82) is 0 Å². The second kappa shape index (κ2) is 1.44. The number of piperidine rings is 1. The molecule has 1 saturated heterocycles. The molecule has 2 rings (SSSR count). The van der Waals surface area contributed by atoms with Crippen molar-refractivity contribution in [1.82, 2.24) is 5.32 Å². The second-order valence-corrected chi connectivity index (χ2v) is 2.87. The Morgan fingerprint density at radius 2 is 2.25 bits per heavy atom. The molecule has 2 heteroatoms. The lowest BCUT2D eigenvalue weighted by atomic mass is 10.1. The van der Waals surface area contributed by atoms with E-state index < -0.39 is 6.17 Å². The fourth-order valence-corrected chi connectivity index (χ4v) is 1.78. The summed E-state index contributed by atoms with van der Waals surface area (Å²) in [4.78, 5) is 0. The number of alkyl halides is 1. The van der Waals surface area contributed by atoms with Gasteiger partial charge in [0, 0.05) is 6.04 Å². The number of nitrogens with one attached hydrogen (secondary N) is 1. The van der Waals surface area contributed by atoms with E-state index in [9.17, 15) is 4.39 Å². The Balaban J connectivity index is 2.11. The number of halogens is 1. The molecule has 2 fully saturated rings. The number of fused-ring (bicyclic) bond motifs is 2. The monoisotopic (exact) mass is 115 g/mol. The van der Waals surface area contributed by atoms with E-state index in [0.717, 1.165) is 19.4 Å². The molecule has 0 aromatic rings. The molecular formula is C6H10FN. The molecule has 8 heavy (non-hydrogen) atoms. The van der Waals surface area contributed by atoms with Crippen molar-refractivity contribution in [2.75, 3.05) is 6.54 Å². The van der Waals surface area contributed by atoms with E-state index in [1.165, 1.54) is 0 Å². The average molecular weight is 115 g/mol. The van der Waals surface area contributed by atoms with Gasteiger partial charge in [-0.2, -0.15) is 0 Å². The Morgan fingerprint density at radius 1 is 1.38 bits per heavy atom. The van der Waals surface area contributed by atoms with E-state index in [-0.39, 0.29) is 6.04 Å². The Bertz CT molecular complexity index is 103. The van der Waals surface area contributed by atoms with Crippen LogP contribution in [0.15, 0.2) is 0 Å². The topological polar surface area (TPSA) is 12.0 Å². The summed E-state index contributed by atoms with van der Waals surface area (Å²) in [6, 6.07) is 0.222. The average Bonchev–Trinajstić information content (AvgIpc) is 2.23. The first-order chi connectivity index (χ1) is 3.86. The minimum Gasteiger partial charge on any atom is -0.311 e. The van der Waals surface area contributed by atoms with Crippen LogP contribution in [0, 0.1) is 5.92 Å². The highest BCUT2D eigenvalue weighted by Gasteiger charge is 2.39. The van der Waals surface area contributed by atoms with Crippen molar-refractivity contribution in [3.63, 3.8) is 0 Å². The fraction of sp³-hybridized carbons (Fsp3) is 1.00. The van der Waals surface area contributed by atoms with Crippen LogP contribution in [-0.4, -0.2) is 18.8 Å². The van der Waals surface area contributed by atoms with Crippen molar-refractivity contribution >= 4 is 0 Å². The third-order valence-corrected chi connectivity index (χ3v) is 2.25. The van der Waals surface area contributed by atoms with Crippen LogP contribution in [0.2, 0.25) is 0 Å². The molecule has 3 atom stereocenters. The van der Waals surface area contributed by atoms with E-state index in [2.05, 4.69) is 5.32 Å². The van der Waals surface area contributed by atoms with Crippen LogP contribution in [0.3, 0.4) is 0 Å². The van der Waals surface area contributed by atoms with Gasteiger partial charge in [0.25, 0.3) is 0 Å². The molecule has 1 aliphatic carbocycles. The van der Waals surface area contributed by atoms with Crippen LogP contribution >= 0.6 is 0 Å². The van der Waals surface area contributed by atoms with E-state index >= 15 is 0 Å². The Labute approximate surface area is 48.3 Å². The summed E-state index contributed by atoms with van der Waals surface area (Å²) in [5.74, 6) is 0.662. The standard InChI is InChI=1S/C6H10FN/c7-5-1-4-2-6(5)8-3-4/h4-6,8H,1-3H2/t4?,5-,6?/m0/s1. The Kier molecular flexibility index (Phi) is 0.852. The van der Waals surface area contributed by atoms with Crippen molar-refractivity contribution in [3.8, 4) is 0 Å². The molecule has 2 aliphatic rings. The molecule has 0 spiro atoms. The van der Waals surface area contributed by atoms with Gasteiger partial charge >= 0.3 is 0 Å². The molecular weight excluding hydrogens is 105 g/mol. The van der Waals surface area contributed by atoms with Crippen LogP contribution in [-0.2, 0) is 0 Å². The van der Waals surface area contributed by atoms with Gasteiger partial charge in [-0.05, 0) is 25.3 Å². The summed E-state index contributed by atoms with van der Waals surface area (Å²) in [5.41, 5.74) is 0. The zero-order chi connectivity index (χ0) is 5.56. The highest BCUT2D eigenvalue weighted by atomic mass is 19.1. The molecule has 0 aromatic carbocycles. The summed E-state index contributed by atoms with van der Waals surface area (Å²) in [6.07, 6.45) is 1.37. The first-order valence-corrected chi connectivity index (χ1v) is 3.24. The Morgan fingerprint density at radius 3 is 2.50 bits per heavy atom. The third kappa shape index (κ3) is 0.494. The predicted molar refractivity (Wildman–Crippen MR) is 29.4 cm³/mol. The van der Waals surface area contributed by atoms with Crippen LogP contribution in [0.1, 0.15) is 12.8 Å². The fourth-order valence-electron chi connectivity index (χ4n) is 1.78.